The molecule has 7 heteroatoms. The van der Waals surface area contributed by atoms with E-state index < -0.39 is 0 Å². The molecule has 2 rings (SSSR count). The number of hydrogen-bond acceptors (Lipinski definition) is 3. The highest BCUT2D eigenvalue weighted by Crippen LogP contribution is 2.28. The van der Waals surface area contributed by atoms with Gasteiger partial charge in [0.1, 0.15) is 5.75 Å². The Balaban J connectivity index is 1.96. The summed E-state index contributed by atoms with van der Waals surface area (Å²) in [6, 6.07) is 9.88. The lowest BCUT2D eigenvalue weighted by atomic mass is 10.2. The molecule has 4 nitrogen and oxygen atoms in total. The first-order valence-corrected chi connectivity index (χ1v) is 7.43. The number of carbonyl (C=O) groups is 1. The zero-order chi connectivity index (χ0) is 15.4. The molecule has 0 aliphatic rings. The molecule has 0 saturated heterocycles. The molecule has 110 valence electrons. The maximum absolute atomic E-state index is 11.8. The van der Waals surface area contributed by atoms with Crippen LogP contribution in [0.2, 0.25) is 10.0 Å². The number of anilines is 2. The Morgan fingerprint density at radius 2 is 1.86 bits per heavy atom. The van der Waals surface area contributed by atoms with Crippen LogP contribution in [-0.4, -0.2) is 12.5 Å². The monoisotopic (exact) mass is 388 g/mol. The fourth-order valence-electron chi connectivity index (χ4n) is 1.57. The van der Waals surface area contributed by atoms with Gasteiger partial charge in [-0.1, -0.05) is 23.2 Å². The van der Waals surface area contributed by atoms with Gasteiger partial charge in [0.15, 0.2) is 6.61 Å². The Bertz CT molecular complexity index is 680. The van der Waals surface area contributed by atoms with Gasteiger partial charge >= 0.3 is 0 Å². The van der Waals surface area contributed by atoms with Gasteiger partial charge < -0.3 is 15.8 Å². The van der Waals surface area contributed by atoms with Crippen molar-refractivity contribution in [2.24, 2.45) is 0 Å². The van der Waals surface area contributed by atoms with Crippen molar-refractivity contribution in [1.82, 2.24) is 0 Å². The molecule has 0 aliphatic heterocycles. The first-order valence-electron chi connectivity index (χ1n) is 5.88. The van der Waals surface area contributed by atoms with Crippen molar-refractivity contribution in [2.75, 3.05) is 17.7 Å². The van der Waals surface area contributed by atoms with Crippen molar-refractivity contribution in [2.45, 2.75) is 0 Å². The van der Waals surface area contributed by atoms with Gasteiger partial charge in [-0.15, -0.1) is 0 Å². The number of amides is 1. The summed E-state index contributed by atoms with van der Waals surface area (Å²) in [4.78, 5) is 11.8. The summed E-state index contributed by atoms with van der Waals surface area (Å²) in [6.45, 7) is -0.150. The molecule has 3 N–H and O–H groups in total. The van der Waals surface area contributed by atoms with Gasteiger partial charge in [0.25, 0.3) is 5.91 Å². The molecule has 2 aromatic rings. The highest BCUT2D eigenvalue weighted by atomic mass is 79.9. The molecule has 0 spiro atoms. The molecule has 0 aliphatic carbocycles. The normalized spacial score (nSPS) is 10.2. The highest BCUT2D eigenvalue weighted by Gasteiger charge is 2.08. The number of nitrogen functional groups attached to an aromatic ring is 1. The summed E-state index contributed by atoms with van der Waals surface area (Å²) in [5.74, 6) is 0.199. The van der Waals surface area contributed by atoms with Crippen molar-refractivity contribution >= 4 is 56.4 Å². The minimum atomic E-state index is -0.328. The lowest BCUT2D eigenvalue weighted by molar-refractivity contribution is -0.118. The van der Waals surface area contributed by atoms with Crippen LogP contribution in [0.15, 0.2) is 40.9 Å². The molecule has 0 radical (unpaired) electrons. The predicted octanol–water partition coefficient (Wildman–Crippen LogP) is 4.36. The minimum Gasteiger partial charge on any atom is -0.483 e. The summed E-state index contributed by atoms with van der Waals surface area (Å²) in [7, 11) is 0. The van der Waals surface area contributed by atoms with Crippen LogP contribution in [-0.2, 0) is 4.79 Å². The molecular formula is C14H11BrCl2N2O2. The highest BCUT2D eigenvalue weighted by molar-refractivity contribution is 9.10. The standard InChI is InChI=1S/C14H11BrCl2N2O2/c15-10-5-8(16)2-4-13(10)21-7-14(20)19-12-3-1-9(17)6-11(12)18/h1-6H,7,18H2,(H,19,20). The van der Waals surface area contributed by atoms with Gasteiger partial charge in [-0.05, 0) is 52.3 Å². The largest absolute Gasteiger partial charge is 0.483 e. The van der Waals surface area contributed by atoms with Gasteiger partial charge in [-0.3, -0.25) is 4.79 Å². The number of benzene rings is 2. The van der Waals surface area contributed by atoms with Crippen LogP contribution in [0.1, 0.15) is 0 Å². The molecule has 0 aromatic heterocycles. The average Bonchev–Trinajstić information content (AvgIpc) is 2.41. The molecule has 1 amide bonds. The smallest absolute Gasteiger partial charge is 0.262 e. The van der Waals surface area contributed by atoms with Gasteiger partial charge in [-0.2, -0.15) is 0 Å². The van der Waals surface area contributed by atoms with Crippen LogP contribution in [0.25, 0.3) is 0 Å². The quantitative estimate of drug-likeness (QED) is 0.763. The molecule has 0 heterocycles. The van der Waals surface area contributed by atoms with Crippen LogP contribution in [0.5, 0.6) is 5.75 Å². The van der Waals surface area contributed by atoms with Crippen LogP contribution < -0.4 is 15.8 Å². The molecule has 0 saturated carbocycles. The van der Waals surface area contributed by atoms with Crippen molar-refractivity contribution < 1.29 is 9.53 Å². The third-order valence-corrected chi connectivity index (χ3v) is 3.63. The second-order valence-electron chi connectivity index (χ2n) is 4.14. The molecule has 2 aromatic carbocycles. The van der Waals surface area contributed by atoms with E-state index in [0.29, 0.717) is 31.6 Å². The van der Waals surface area contributed by atoms with Crippen molar-refractivity contribution in [1.29, 1.82) is 0 Å². The fraction of sp³-hybridized carbons (Fsp3) is 0.0714. The molecule has 0 atom stereocenters. The Hall–Kier alpha value is -1.43. The molecule has 0 fully saturated rings. The first-order chi connectivity index (χ1) is 9.95. The Labute approximate surface area is 140 Å². The maximum atomic E-state index is 11.8. The van der Waals surface area contributed by atoms with Crippen LogP contribution in [0.3, 0.4) is 0 Å². The number of halogens is 3. The second kappa shape index (κ2) is 7.02. The number of carbonyl (C=O) groups excluding carboxylic acids is 1. The van der Waals surface area contributed by atoms with E-state index in [1.165, 1.54) is 0 Å². The predicted molar refractivity (Wildman–Crippen MR) is 89.1 cm³/mol. The van der Waals surface area contributed by atoms with Crippen LogP contribution in [0.4, 0.5) is 11.4 Å². The summed E-state index contributed by atoms with van der Waals surface area (Å²) < 4.78 is 6.08. The SMILES string of the molecule is Nc1cc(Cl)ccc1NC(=O)COc1ccc(Cl)cc1Br. The zero-order valence-electron chi connectivity index (χ0n) is 10.7. The lowest BCUT2D eigenvalue weighted by Gasteiger charge is -2.10. The van der Waals surface area contributed by atoms with E-state index in [9.17, 15) is 4.79 Å². The maximum Gasteiger partial charge on any atom is 0.262 e. The van der Waals surface area contributed by atoms with Crippen molar-refractivity contribution in [3.05, 3.63) is 50.9 Å². The number of nitrogens with one attached hydrogen (secondary N) is 1. The Kier molecular flexibility index (Phi) is 5.33. The number of rotatable bonds is 4. The molecule has 0 bridgehead atoms. The summed E-state index contributed by atoms with van der Waals surface area (Å²) >= 11 is 14.9. The van der Waals surface area contributed by atoms with Crippen LogP contribution in [0, 0.1) is 0 Å². The molecule has 21 heavy (non-hydrogen) atoms. The number of ether oxygens (including phenoxy) is 1. The number of hydrogen-bond donors (Lipinski definition) is 2. The van der Waals surface area contributed by atoms with E-state index >= 15 is 0 Å². The summed E-state index contributed by atoms with van der Waals surface area (Å²) in [6.07, 6.45) is 0. The summed E-state index contributed by atoms with van der Waals surface area (Å²) in [5.41, 5.74) is 6.64. The first kappa shape index (κ1) is 15.9. The second-order valence-corrected chi connectivity index (χ2v) is 5.87. The minimum absolute atomic E-state index is 0.150. The Morgan fingerprint density at radius 1 is 1.19 bits per heavy atom. The van der Waals surface area contributed by atoms with E-state index in [1.54, 1.807) is 36.4 Å². The average molecular weight is 390 g/mol. The van der Waals surface area contributed by atoms with E-state index in [4.69, 9.17) is 33.7 Å². The van der Waals surface area contributed by atoms with Gasteiger partial charge in [0, 0.05) is 10.0 Å². The van der Waals surface area contributed by atoms with E-state index in [1.807, 2.05) is 0 Å². The number of nitrogens with two attached hydrogens (primary N) is 1. The Morgan fingerprint density at radius 3 is 2.52 bits per heavy atom. The third-order valence-electron chi connectivity index (χ3n) is 2.54. The molecule has 0 unspecified atom stereocenters. The summed E-state index contributed by atoms with van der Waals surface area (Å²) in [5, 5.41) is 3.73. The van der Waals surface area contributed by atoms with E-state index in [0.717, 1.165) is 0 Å². The fourth-order valence-corrected chi connectivity index (χ4v) is 2.55. The topological polar surface area (TPSA) is 64.3 Å². The van der Waals surface area contributed by atoms with Crippen LogP contribution >= 0.6 is 39.1 Å². The third kappa shape index (κ3) is 4.52. The van der Waals surface area contributed by atoms with E-state index in [-0.39, 0.29) is 12.5 Å². The van der Waals surface area contributed by atoms with Gasteiger partial charge in [0.2, 0.25) is 0 Å². The van der Waals surface area contributed by atoms with E-state index in [2.05, 4.69) is 21.2 Å². The van der Waals surface area contributed by atoms with Crippen molar-refractivity contribution in [3.63, 3.8) is 0 Å². The lowest BCUT2D eigenvalue weighted by Crippen LogP contribution is -2.20. The van der Waals surface area contributed by atoms with Gasteiger partial charge in [0.05, 0.1) is 15.8 Å². The van der Waals surface area contributed by atoms with Crippen molar-refractivity contribution in [3.8, 4) is 5.75 Å². The van der Waals surface area contributed by atoms with Gasteiger partial charge in [-0.25, -0.2) is 0 Å². The zero-order valence-corrected chi connectivity index (χ0v) is 13.8. The molecular weight excluding hydrogens is 379 g/mol.